The Labute approximate surface area is 192 Å². The van der Waals surface area contributed by atoms with E-state index in [1.54, 1.807) is 36.4 Å². The molecule has 2 N–H and O–H groups in total. The first-order chi connectivity index (χ1) is 15.8. The number of carbonyl (C=O) groups is 3. The Kier molecular flexibility index (Phi) is 7.81. The number of rotatable bonds is 8. The molecule has 3 aromatic carbocycles. The summed E-state index contributed by atoms with van der Waals surface area (Å²) in [5.41, 5.74) is 4.05. The molecule has 7 nitrogen and oxygen atoms in total. The third-order valence-electron chi connectivity index (χ3n) is 4.87. The van der Waals surface area contributed by atoms with E-state index in [1.165, 1.54) is 13.0 Å². The average molecular weight is 447 g/mol. The van der Waals surface area contributed by atoms with E-state index < -0.39 is 5.97 Å². The number of hydrogen-bond donors (Lipinski definition) is 2. The van der Waals surface area contributed by atoms with Crippen molar-refractivity contribution in [3.63, 3.8) is 0 Å². The van der Waals surface area contributed by atoms with Gasteiger partial charge in [0.1, 0.15) is 11.5 Å². The third kappa shape index (κ3) is 7.21. The van der Waals surface area contributed by atoms with Gasteiger partial charge in [-0.15, -0.1) is 0 Å². The number of esters is 1. The molecule has 3 aromatic rings. The van der Waals surface area contributed by atoms with E-state index in [9.17, 15) is 14.4 Å². The van der Waals surface area contributed by atoms with Crippen LogP contribution in [0.4, 0.5) is 5.69 Å². The Morgan fingerprint density at radius 2 is 1.64 bits per heavy atom. The van der Waals surface area contributed by atoms with Crippen LogP contribution in [0.2, 0.25) is 0 Å². The zero-order chi connectivity index (χ0) is 23.8. The summed E-state index contributed by atoms with van der Waals surface area (Å²) in [6.45, 7) is 5.46. The van der Waals surface area contributed by atoms with Crippen molar-refractivity contribution < 1.29 is 23.9 Å². The summed E-state index contributed by atoms with van der Waals surface area (Å²) in [7, 11) is 0. The maximum absolute atomic E-state index is 12.4. The highest BCUT2D eigenvalue weighted by molar-refractivity contribution is 5.95. The smallest absolute Gasteiger partial charge is 0.308 e. The van der Waals surface area contributed by atoms with E-state index in [0.717, 1.165) is 16.7 Å². The van der Waals surface area contributed by atoms with Gasteiger partial charge in [-0.1, -0.05) is 24.3 Å². The first-order valence-corrected chi connectivity index (χ1v) is 10.5. The molecule has 0 aliphatic rings. The van der Waals surface area contributed by atoms with Gasteiger partial charge in [-0.05, 0) is 73.0 Å². The van der Waals surface area contributed by atoms with Crippen LogP contribution in [0.15, 0.2) is 66.7 Å². The molecule has 0 atom stereocenters. The SMILES string of the molecule is CC(=O)Oc1cccc(C(=O)NCc2cccc(NC(=O)COc3ccc(C)c(C)c3)c2)c1. The fraction of sp³-hybridized carbons (Fsp3) is 0.192. The number of benzene rings is 3. The van der Waals surface area contributed by atoms with Gasteiger partial charge in [-0.25, -0.2) is 0 Å². The van der Waals surface area contributed by atoms with E-state index in [-0.39, 0.29) is 25.0 Å². The third-order valence-corrected chi connectivity index (χ3v) is 4.87. The topological polar surface area (TPSA) is 93.7 Å². The van der Waals surface area contributed by atoms with Crippen LogP contribution in [0, 0.1) is 13.8 Å². The van der Waals surface area contributed by atoms with E-state index >= 15 is 0 Å². The molecule has 0 bridgehead atoms. The number of ether oxygens (including phenoxy) is 2. The van der Waals surface area contributed by atoms with Crippen LogP contribution in [0.25, 0.3) is 0 Å². The van der Waals surface area contributed by atoms with Crippen molar-refractivity contribution in [3.8, 4) is 11.5 Å². The van der Waals surface area contributed by atoms with Crippen molar-refractivity contribution in [1.82, 2.24) is 5.32 Å². The molecule has 0 aliphatic heterocycles. The molecule has 0 saturated heterocycles. The normalized spacial score (nSPS) is 10.3. The Hall–Kier alpha value is -4.13. The molecule has 170 valence electrons. The summed E-state index contributed by atoms with van der Waals surface area (Å²) in [5.74, 6) is -0.0897. The van der Waals surface area contributed by atoms with E-state index in [4.69, 9.17) is 9.47 Å². The summed E-state index contributed by atoms with van der Waals surface area (Å²) in [4.78, 5) is 35.8. The molecule has 2 amide bonds. The minimum Gasteiger partial charge on any atom is -0.484 e. The van der Waals surface area contributed by atoms with Crippen LogP contribution in [-0.2, 0) is 16.1 Å². The maximum Gasteiger partial charge on any atom is 0.308 e. The quantitative estimate of drug-likeness (QED) is 0.400. The standard InChI is InChI=1S/C26H26N2O5/c1-17-10-11-23(12-18(17)2)32-16-25(30)28-22-8-4-6-20(13-22)15-27-26(31)21-7-5-9-24(14-21)33-19(3)29/h4-14H,15-16H2,1-3H3,(H,27,31)(H,28,30). The lowest BCUT2D eigenvalue weighted by atomic mass is 10.1. The molecule has 0 aromatic heterocycles. The van der Waals surface area contributed by atoms with Gasteiger partial charge in [0.25, 0.3) is 11.8 Å². The second kappa shape index (κ2) is 10.9. The van der Waals surface area contributed by atoms with Gasteiger partial charge in [-0.3, -0.25) is 14.4 Å². The fourth-order valence-electron chi connectivity index (χ4n) is 3.06. The highest BCUT2D eigenvalue weighted by Crippen LogP contribution is 2.17. The second-order valence-corrected chi connectivity index (χ2v) is 7.59. The van der Waals surface area contributed by atoms with Crippen molar-refractivity contribution in [2.75, 3.05) is 11.9 Å². The molecule has 0 saturated carbocycles. The zero-order valence-electron chi connectivity index (χ0n) is 18.8. The number of carbonyl (C=O) groups excluding carboxylic acids is 3. The zero-order valence-corrected chi connectivity index (χ0v) is 18.8. The van der Waals surface area contributed by atoms with Gasteiger partial charge in [-0.2, -0.15) is 0 Å². The highest BCUT2D eigenvalue weighted by atomic mass is 16.5. The molecular weight excluding hydrogens is 420 g/mol. The molecule has 0 fully saturated rings. The lowest BCUT2D eigenvalue weighted by molar-refractivity contribution is -0.131. The van der Waals surface area contributed by atoms with Crippen molar-refractivity contribution >= 4 is 23.5 Å². The number of hydrogen-bond acceptors (Lipinski definition) is 5. The van der Waals surface area contributed by atoms with Crippen LogP contribution < -0.4 is 20.1 Å². The van der Waals surface area contributed by atoms with Crippen LogP contribution in [0.5, 0.6) is 11.5 Å². The molecule has 3 rings (SSSR count). The van der Waals surface area contributed by atoms with Crippen LogP contribution >= 0.6 is 0 Å². The molecule has 0 heterocycles. The molecule has 0 unspecified atom stereocenters. The van der Waals surface area contributed by atoms with Crippen LogP contribution in [0.3, 0.4) is 0 Å². The summed E-state index contributed by atoms with van der Waals surface area (Å²) >= 11 is 0. The van der Waals surface area contributed by atoms with Crippen LogP contribution in [0.1, 0.15) is 34.0 Å². The molecule has 0 aliphatic carbocycles. The first kappa shape index (κ1) is 23.5. The molecule has 7 heteroatoms. The Balaban J connectivity index is 1.52. The van der Waals surface area contributed by atoms with Gasteiger partial charge < -0.3 is 20.1 Å². The van der Waals surface area contributed by atoms with Crippen molar-refractivity contribution in [2.45, 2.75) is 27.3 Å². The number of amides is 2. The van der Waals surface area contributed by atoms with Gasteiger partial charge >= 0.3 is 5.97 Å². The average Bonchev–Trinajstić information content (AvgIpc) is 2.78. The largest absolute Gasteiger partial charge is 0.484 e. The lowest BCUT2D eigenvalue weighted by Gasteiger charge is -2.11. The predicted molar refractivity (Wildman–Crippen MR) is 125 cm³/mol. The fourth-order valence-corrected chi connectivity index (χ4v) is 3.06. The minimum atomic E-state index is -0.453. The Morgan fingerprint density at radius 1 is 0.848 bits per heavy atom. The summed E-state index contributed by atoms with van der Waals surface area (Å²) in [5, 5.41) is 5.61. The predicted octanol–water partition coefficient (Wildman–Crippen LogP) is 4.18. The van der Waals surface area contributed by atoms with E-state index in [0.29, 0.717) is 22.7 Å². The van der Waals surface area contributed by atoms with Gasteiger partial charge in [0.2, 0.25) is 0 Å². The minimum absolute atomic E-state index is 0.109. The summed E-state index contributed by atoms with van der Waals surface area (Å²) < 4.78 is 10.6. The second-order valence-electron chi connectivity index (χ2n) is 7.59. The maximum atomic E-state index is 12.4. The van der Waals surface area contributed by atoms with E-state index in [1.807, 2.05) is 38.1 Å². The number of nitrogens with one attached hydrogen (secondary N) is 2. The number of aryl methyl sites for hydroxylation is 2. The Morgan fingerprint density at radius 3 is 2.39 bits per heavy atom. The first-order valence-electron chi connectivity index (χ1n) is 10.5. The lowest BCUT2D eigenvalue weighted by Crippen LogP contribution is -2.23. The molecule has 0 radical (unpaired) electrons. The van der Waals surface area contributed by atoms with Crippen molar-refractivity contribution in [3.05, 3.63) is 89.0 Å². The highest BCUT2D eigenvalue weighted by Gasteiger charge is 2.09. The van der Waals surface area contributed by atoms with Crippen molar-refractivity contribution in [1.29, 1.82) is 0 Å². The molecule has 0 spiro atoms. The van der Waals surface area contributed by atoms with Crippen LogP contribution in [-0.4, -0.2) is 24.4 Å². The van der Waals surface area contributed by atoms with Crippen molar-refractivity contribution in [2.24, 2.45) is 0 Å². The van der Waals surface area contributed by atoms with Gasteiger partial charge in [0.05, 0.1) is 0 Å². The molecule has 33 heavy (non-hydrogen) atoms. The summed E-state index contributed by atoms with van der Waals surface area (Å²) in [6, 6.07) is 19.3. The molecular formula is C26H26N2O5. The Bertz CT molecular complexity index is 1170. The van der Waals surface area contributed by atoms with Gasteiger partial charge in [0, 0.05) is 24.7 Å². The monoisotopic (exact) mass is 446 g/mol. The summed E-state index contributed by atoms with van der Waals surface area (Å²) in [6.07, 6.45) is 0. The number of anilines is 1. The van der Waals surface area contributed by atoms with Gasteiger partial charge in [0.15, 0.2) is 6.61 Å². The van der Waals surface area contributed by atoms with E-state index in [2.05, 4.69) is 10.6 Å².